The third-order valence-electron chi connectivity index (χ3n) is 9.99. The summed E-state index contributed by atoms with van der Waals surface area (Å²) in [6.45, 7) is 0. The lowest BCUT2D eigenvalue weighted by Gasteiger charge is -2.14. The van der Waals surface area contributed by atoms with Gasteiger partial charge in [-0.2, -0.15) is 8.42 Å². The van der Waals surface area contributed by atoms with Crippen molar-refractivity contribution < 1.29 is 13.0 Å². The van der Waals surface area contributed by atoms with E-state index in [2.05, 4.69) is 9.97 Å². The summed E-state index contributed by atoms with van der Waals surface area (Å²) in [5.74, 6) is 0. The maximum Gasteiger partial charge on any atom is 0.298 e. The average Bonchev–Trinajstić information content (AvgIpc) is 3.95. The van der Waals surface area contributed by atoms with Crippen LogP contribution in [0, 0.1) is 0 Å². The van der Waals surface area contributed by atoms with Gasteiger partial charge in [-0.3, -0.25) is 4.55 Å². The molecular weight excluding hydrogens is 948 g/mol. The van der Waals surface area contributed by atoms with Crippen LogP contribution in [0.3, 0.4) is 0 Å². The van der Waals surface area contributed by atoms with Crippen LogP contribution in [0.1, 0.15) is 33.9 Å². The van der Waals surface area contributed by atoms with E-state index in [4.69, 9.17) is 98.0 Å². The van der Waals surface area contributed by atoms with Crippen LogP contribution in [0.4, 0.5) is 0 Å². The summed E-state index contributed by atoms with van der Waals surface area (Å²) >= 11 is 56.4. The summed E-state index contributed by atoms with van der Waals surface area (Å²) < 4.78 is 39.5. The summed E-state index contributed by atoms with van der Waals surface area (Å²) in [6.07, 6.45) is 0. The molecule has 5 heterocycles. The van der Waals surface area contributed by atoms with Gasteiger partial charge in [0.05, 0.1) is 68.6 Å². The molecule has 16 heteroatoms. The molecule has 4 aromatic carbocycles. The molecule has 0 unspecified atom stereocenters. The molecule has 7 nitrogen and oxygen atoms in total. The van der Waals surface area contributed by atoms with E-state index < -0.39 is 20.0 Å². The second-order valence-electron chi connectivity index (χ2n) is 13.4. The first-order valence-electron chi connectivity index (χ1n) is 17.7. The summed E-state index contributed by atoms with van der Waals surface area (Å²) in [5, 5.41) is -1.07. The van der Waals surface area contributed by atoms with Crippen LogP contribution >= 0.6 is 93.0 Å². The predicted octanol–water partition coefficient (Wildman–Crippen LogP) is 14.9. The van der Waals surface area contributed by atoms with Gasteiger partial charge < -0.3 is 4.98 Å². The molecule has 0 radical (unpaired) electrons. The van der Waals surface area contributed by atoms with Gasteiger partial charge in [-0.1, -0.05) is 203 Å². The van der Waals surface area contributed by atoms with Gasteiger partial charge in [0, 0.05) is 34.0 Å². The first kappa shape index (κ1) is 41.1. The molecule has 60 heavy (non-hydrogen) atoms. The number of hydrogen-bond acceptors (Lipinski definition) is 4. The smallest absolute Gasteiger partial charge is 0.298 e. The fourth-order valence-corrected chi connectivity index (χ4v) is 10.9. The molecule has 298 valence electrons. The lowest BCUT2D eigenvalue weighted by molar-refractivity contribution is 0.484. The predicted molar refractivity (Wildman–Crippen MR) is 248 cm³/mol. The monoisotopic (exact) mass is 966 g/mol. The number of nitrogens with one attached hydrogen (secondary N) is 1. The van der Waals surface area contributed by atoms with Crippen LogP contribution in [0.15, 0.2) is 126 Å². The largest absolute Gasteiger partial charge is 0.351 e. The molecule has 3 aromatic heterocycles. The Labute approximate surface area is 382 Å². The molecule has 2 aliphatic rings. The molecule has 0 aliphatic carbocycles. The highest BCUT2D eigenvalue weighted by Gasteiger charge is 2.35. The molecule has 0 spiro atoms. The number of halogens is 8. The van der Waals surface area contributed by atoms with Gasteiger partial charge in [-0.15, -0.1) is 0 Å². The molecule has 7 aromatic rings. The molecule has 0 fully saturated rings. The van der Waals surface area contributed by atoms with Crippen molar-refractivity contribution in [1.29, 1.82) is 0 Å². The third kappa shape index (κ3) is 6.66. The minimum absolute atomic E-state index is 0.0446. The molecule has 9 rings (SSSR count). The second kappa shape index (κ2) is 15.9. The lowest BCUT2D eigenvalue weighted by Crippen LogP contribution is -2.01. The summed E-state index contributed by atoms with van der Waals surface area (Å²) in [4.78, 5) is 12.7. The summed E-state index contributed by atoms with van der Waals surface area (Å²) in [5.41, 5.74) is 4.78. The molecule has 2 N–H and O–H groups in total. The first-order chi connectivity index (χ1) is 28.8. The van der Waals surface area contributed by atoms with E-state index in [-0.39, 0.29) is 69.4 Å². The first-order valence-corrected chi connectivity index (χ1v) is 22.1. The number of benzene rings is 4. The van der Waals surface area contributed by atoms with Gasteiger partial charge in [0.1, 0.15) is 16.3 Å². The minimum Gasteiger partial charge on any atom is -0.351 e. The normalized spacial score (nSPS) is 13.1. The zero-order valence-electron chi connectivity index (χ0n) is 30.1. The van der Waals surface area contributed by atoms with Gasteiger partial charge in [0.15, 0.2) is 0 Å². The van der Waals surface area contributed by atoms with Crippen LogP contribution < -0.4 is 0 Å². The van der Waals surface area contributed by atoms with Crippen LogP contribution in [-0.4, -0.2) is 32.0 Å². The summed E-state index contributed by atoms with van der Waals surface area (Å²) in [6, 6.07) is 37.2. The van der Waals surface area contributed by atoms with Gasteiger partial charge in [-0.05, 0) is 22.3 Å². The number of fused-ring (bicyclic) bond motifs is 8. The van der Waals surface area contributed by atoms with Gasteiger partial charge in [0.25, 0.3) is 10.1 Å². The van der Waals surface area contributed by atoms with E-state index in [1.165, 1.54) is 0 Å². The van der Waals surface area contributed by atoms with Gasteiger partial charge in [-0.25, -0.2) is 14.1 Å². The molecule has 0 saturated carbocycles. The Kier molecular flexibility index (Phi) is 10.9. The highest BCUT2D eigenvalue weighted by molar-refractivity contribution is 7.86. The van der Waals surface area contributed by atoms with Crippen molar-refractivity contribution >= 4 is 146 Å². The molecule has 0 saturated heterocycles. The fourth-order valence-electron chi connectivity index (χ4n) is 7.43. The van der Waals surface area contributed by atoms with Gasteiger partial charge >= 0.3 is 0 Å². The second-order valence-corrected chi connectivity index (χ2v) is 17.8. The zero-order valence-corrected chi connectivity index (χ0v) is 36.9. The Morgan fingerprint density at radius 1 is 0.467 bits per heavy atom. The number of hydrogen-bond donors (Lipinski definition) is 2. The maximum absolute atomic E-state index is 13.7. The van der Waals surface area contributed by atoms with Crippen molar-refractivity contribution in [2.75, 3.05) is 0 Å². The van der Waals surface area contributed by atoms with Crippen molar-refractivity contribution in [3.8, 4) is 22.3 Å². The Balaban J connectivity index is 1.71. The topological polar surface area (TPSA) is 101 Å². The highest BCUT2D eigenvalue weighted by Crippen LogP contribution is 2.52. The number of aromatic amines is 1. The number of nitrogens with zero attached hydrogens (tertiary/aromatic N) is 3. The third-order valence-corrected chi connectivity index (χ3v) is 14.1. The van der Waals surface area contributed by atoms with Gasteiger partial charge in [0.2, 0.25) is 0 Å². The van der Waals surface area contributed by atoms with Crippen molar-refractivity contribution in [2.24, 2.45) is 0 Å². The van der Waals surface area contributed by atoms with Crippen LogP contribution in [0.25, 0.3) is 65.5 Å². The SMILES string of the molecule is O=S(=O)(O)c1c(Cl)c2c(Cl)c3nc(c(Cl)c4[nH]c(c(Cl)c4Cl)c(-c4ccccc4)c4nc(c(-c5ccccc5)c1n2Cl)C(c1ccccc1)=C4c1ccccc1)C(Cl)=C3Cl. The van der Waals surface area contributed by atoms with E-state index in [1.807, 2.05) is 91.0 Å². The van der Waals surface area contributed by atoms with E-state index in [9.17, 15) is 13.0 Å². The minimum atomic E-state index is -5.20. The van der Waals surface area contributed by atoms with Crippen LogP contribution in [0.5, 0.6) is 0 Å². The molecule has 0 amide bonds. The zero-order chi connectivity index (χ0) is 42.2. The van der Waals surface area contributed by atoms with E-state index in [1.54, 1.807) is 30.3 Å². The van der Waals surface area contributed by atoms with Crippen LogP contribution in [-0.2, 0) is 10.1 Å². The number of rotatable bonds is 5. The van der Waals surface area contributed by atoms with Crippen molar-refractivity contribution in [3.63, 3.8) is 0 Å². The number of H-pyrrole nitrogens is 1. The Bertz CT molecular complexity index is 3300. The van der Waals surface area contributed by atoms with E-state index in [0.29, 0.717) is 44.6 Å². The van der Waals surface area contributed by atoms with Crippen LogP contribution in [0.2, 0.25) is 25.1 Å². The van der Waals surface area contributed by atoms with E-state index in [0.717, 1.165) is 9.65 Å². The Morgan fingerprint density at radius 3 is 1.35 bits per heavy atom. The average molecular weight is 970 g/mol. The van der Waals surface area contributed by atoms with Crippen molar-refractivity contribution in [3.05, 3.63) is 180 Å². The van der Waals surface area contributed by atoms with E-state index >= 15 is 0 Å². The standard InChI is InChI=1S/C44H22Cl8N4O3S/c45-29-30(46)39-33(49)40-31(47)32(48)41(55-40)34(50)43-35(51)44(60(57,58)59)42(56(43)52)28(24-19-11-4-12-20-24)37-26(22-15-7-2-8-16-22)25(21-13-5-1-6-14-21)36(53-37)27(38(29)54-39)23-17-9-3-10-18-23/h1-20,54H,(H,57,58,59). The highest BCUT2D eigenvalue weighted by atomic mass is 35.5. The molecule has 2 aliphatic heterocycles. The molecular formula is C44H22Cl8N4O3S. The molecule has 8 bridgehead atoms. The quantitative estimate of drug-likeness (QED) is 0.167. The molecule has 0 atom stereocenters. The Hall–Kier alpha value is -4.29. The van der Waals surface area contributed by atoms with Crippen molar-refractivity contribution in [1.82, 2.24) is 19.0 Å². The number of aromatic nitrogens is 4. The maximum atomic E-state index is 13.7. The summed E-state index contributed by atoms with van der Waals surface area (Å²) in [7, 11) is -5.20. The van der Waals surface area contributed by atoms with Crippen molar-refractivity contribution in [2.45, 2.75) is 4.90 Å². The lowest BCUT2D eigenvalue weighted by atomic mass is 9.88. The Morgan fingerprint density at radius 2 is 0.867 bits per heavy atom. The fraction of sp³-hybridized carbons (Fsp3) is 0.